The first-order valence-corrected chi connectivity index (χ1v) is 8.40. The summed E-state index contributed by atoms with van der Waals surface area (Å²) in [5.74, 6) is -1.57. The molecule has 26 heavy (non-hydrogen) atoms. The summed E-state index contributed by atoms with van der Waals surface area (Å²) in [6.45, 7) is 0. The van der Waals surface area contributed by atoms with Gasteiger partial charge in [-0.2, -0.15) is 8.42 Å². The van der Waals surface area contributed by atoms with Crippen LogP contribution < -0.4 is 14.3 Å². The quantitative estimate of drug-likeness (QED) is 0.579. The van der Waals surface area contributed by atoms with Crippen LogP contribution in [0.5, 0.6) is 23.0 Å². The third-order valence-electron chi connectivity index (χ3n) is 3.46. The van der Waals surface area contributed by atoms with Crippen molar-refractivity contribution in [2.45, 2.75) is 0 Å². The highest BCUT2D eigenvalue weighted by atomic mass is 32.3. The summed E-state index contributed by atoms with van der Waals surface area (Å²) in [6, 6.07) is 7.69. The molecule has 0 saturated heterocycles. The molecule has 136 valence electrons. The van der Waals surface area contributed by atoms with Crippen LogP contribution in [-0.2, 0) is 10.4 Å². The van der Waals surface area contributed by atoms with Crippen LogP contribution in [0, 0.1) is 0 Å². The van der Waals surface area contributed by atoms with E-state index in [1.165, 1.54) is 37.4 Å². The third-order valence-corrected chi connectivity index (χ3v) is 3.84. The topological polar surface area (TPSA) is 144 Å². The van der Waals surface area contributed by atoms with Gasteiger partial charge in [0.25, 0.3) is 0 Å². The SMILES string of the molecule is COc1cc(O)c2c(=O)c(OS(=O)(=O)O)c(-c3ccc(O)cc3)oc2c1. The van der Waals surface area contributed by atoms with Gasteiger partial charge in [-0.3, -0.25) is 9.35 Å². The number of phenolic OH excluding ortho intramolecular Hbond substituents is 2. The summed E-state index contributed by atoms with van der Waals surface area (Å²) in [4.78, 5) is 12.7. The van der Waals surface area contributed by atoms with E-state index in [-0.39, 0.29) is 33.8 Å². The fourth-order valence-electron chi connectivity index (χ4n) is 2.36. The molecular weight excluding hydrogens is 368 g/mol. The van der Waals surface area contributed by atoms with Gasteiger partial charge >= 0.3 is 10.4 Å². The van der Waals surface area contributed by atoms with Crippen molar-refractivity contribution in [3.63, 3.8) is 0 Å². The van der Waals surface area contributed by atoms with Gasteiger partial charge in [0.1, 0.15) is 28.2 Å². The molecule has 0 unspecified atom stereocenters. The van der Waals surface area contributed by atoms with Crippen molar-refractivity contribution in [2.75, 3.05) is 7.11 Å². The van der Waals surface area contributed by atoms with Crippen molar-refractivity contribution in [2.24, 2.45) is 0 Å². The Morgan fingerprint density at radius 3 is 2.31 bits per heavy atom. The lowest BCUT2D eigenvalue weighted by Gasteiger charge is -2.11. The molecule has 0 aliphatic rings. The van der Waals surface area contributed by atoms with Crippen molar-refractivity contribution in [3.8, 4) is 34.3 Å². The number of fused-ring (bicyclic) bond motifs is 1. The monoisotopic (exact) mass is 380 g/mol. The van der Waals surface area contributed by atoms with Crippen LogP contribution in [0.4, 0.5) is 0 Å². The first-order chi connectivity index (χ1) is 12.2. The number of benzene rings is 2. The number of methoxy groups -OCH3 is 1. The summed E-state index contributed by atoms with van der Waals surface area (Å²) >= 11 is 0. The van der Waals surface area contributed by atoms with Crippen molar-refractivity contribution in [3.05, 3.63) is 46.6 Å². The number of phenols is 2. The zero-order valence-electron chi connectivity index (χ0n) is 13.2. The van der Waals surface area contributed by atoms with Crippen molar-refractivity contribution in [1.82, 2.24) is 0 Å². The molecule has 1 aromatic heterocycles. The van der Waals surface area contributed by atoms with Gasteiger partial charge < -0.3 is 23.6 Å². The molecule has 0 aliphatic carbocycles. The molecule has 0 fully saturated rings. The second-order valence-corrected chi connectivity index (χ2v) is 6.19. The molecule has 0 amide bonds. The molecule has 0 atom stereocenters. The Morgan fingerprint density at radius 2 is 1.73 bits per heavy atom. The Morgan fingerprint density at radius 1 is 1.08 bits per heavy atom. The minimum absolute atomic E-state index is 0.0755. The molecule has 1 heterocycles. The largest absolute Gasteiger partial charge is 0.508 e. The Labute approximate surface area is 146 Å². The summed E-state index contributed by atoms with van der Waals surface area (Å²) in [5, 5.41) is 19.1. The van der Waals surface area contributed by atoms with Gasteiger partial charge in [0.2, 0.25) is 11.2 Å². The molecule has 0 saturated carbocycles. The highest BCUT2D eigenvalue weighted by Gasteiger charge is 2.24. The summed E-state index contributed by atoms with van der Waals surface area (Å²) in [7, 11) is -3.71. The fraction of sp³-hybridized carbons (Fsp3) is 0.0625. The summed E-state index contributed by atoms with van der Waals surface area (Å²) in [6.07, 6.45) is 0. The maximum atomic E-state index is 12.7. The van der Waals surface area contributed by atoms with E-state index in [4.69, 9.17) is 13.7 Å². The molecular formula is C16H12O9S. The Balaban J connectivity index is 2.41. The standard InChI is InChI=1S/C16H12O9S/c1-23-10-6-11(18)13-12(7-10)24-15(8-2-4-9(17)5-3-8)16(14(13)19)25-26(20,21)22/h2-7,17-18H,1H3,(H,20,21,22). The average Bonchev–Trinajstić information content (AvgIpc) is 2.56. The molecule has 3 N–H and O–H groups in total. The minimum atomic E-state index is -5.05. The van der Waals surface area contributed by atoms with Gasteiger partial charge in [0.05, 0.1) is 7.11 Å². The Hall–Kier alpha value is -3.24. The molecule has 0 bridgehead atoms. The number of ether oxygens (including phenoxy) is 1. The molecule has 0 spiro atoms. The Kier molecular flexibility index (Phi) is 4.22. The van der Waals surface area contributed by atoms with E-state index in [2.05, 4.69) is 4.18 Å². The second-order valence-electron chi connectivity index (χ2n) is 5.17. The van der Waals surface area contributed by atoms with Crippen LogP contribution in [0.25, 0.3) is 22.3 Å². The minimum Gasteiger partial charge on any atom is -0.508 e. The maximum Gasteiger partial charge on any atom is 0.446 e. The lowest BCUT2D eigenvalue weighted by atomic mass is 10.1. The van der Waals surface area contributed by atoms with Crippen LogP contribution in [-0.4, -0.2) is 30.3 Å². The zero-order valence-corrected chi connectivity index (χ0v) is 14.0. The van der Waals surface area contributed by atoms with Crippen LogP contribution >= 0.6 is 0 Å². The van der Waals surface area contributed by atoms with E-state index in [0.29, 0.717) is 0 Å². The van der Waals surface area contributed by atoms with E-state index in [0.717, 1.165) is 6.07 Å². The third kappa shape index (κ3) is 3.27. The van der Waals surface area contributed by atoms with E-state index >= 15 is 0 Å². The first-order valence-electron chi connectivity index (χ1n) is 7.03. The predicted molar refractivity (Wildman–Crippen MR) is 90.0 cm³/mol. The molecule has 0 aliphatic heterocycles. The van der Waals surface area contributed by atoms with E-state index in [1.807, 2.05) is 0 Å². The number of rotatable bonds is 4. The average molecular weight is 380 g/mol. The van der Waals surface area contributed by atoms with Gasteiger partial charge in [0.15, 0.2) is 5.76 Å². The number of hydrogen-bond donors (Lipinski definition) is 3. The second kappa shape index (κ2) is 6.24. The van der Waals surface area contributed by atoms with Gasteiger partial charge in [-0.1, -0.05) is 0 Å². The van der Waals surface area contributed by atoms with Crippen molar-refractivity contribution >= 4 is 21.4 Å². The fourth-order valence-corrected chi connectivity index (χ4v) is 2.72. The Bertz CT molecular complexity index is 1150. The highest BCUT2D eigenvalue weighted by Crippen LogP contribution is 2.36. The van der Waals surface area contributed by atoms with Gasteiger partial charge in [-0.15, -0.1) is 0 Å². The normalized spacial score (nSPS) is 11.5. The smallest absolute Gasteiger partial charge is 0.446 e. The van der Waals surface area contributed by atoms with Crippen LogP contribution in [0.3, 0.4) is 0 Å². The lowest BCUT2D eigenvalue weighted by Crippen LogP contribution is -2.15. The molecule has 3 aromatic rings. The number of aromatic hydroxyl groups is 2. The summed E-state index contributed by atoms with van der Waals surface area (Å²) < 4.78 is 46.2. The van der Waals surface area contributed by atoms with Crippen molar-refractivity contribution < 1.29 is 36.5 Å². The lowest BCUT2D eigenvalue weighted by molar-refractivity contribution is 0.380. The van der Waals surface area contributed by atoms with E-state index in [9.17, 15) is 23.4 Å². The van der Waals surface area contributed by atoms with E-state index in [1.54, 1.807) is 0 Å². The maximum absolute atomic E-state index is 12.7. The predicted octanol–water partition coefficient (Wildman–Crippen LogP) is 2.06. The van der Waals surface area contributed by atoms with Crippen LogP contribution in [0.1, 0.15) is 0 Å². The first kappa shape index (κ1) is 17.6. The van der Waals surface area contributed by atoms with Gasteiger partial charge in [0, 0.05) is 17.7 Å². The molecule has 0 radical (unpaired) electrons. The zero-order chi connectivity index (χ0) is 19.1. The van der Waals surface area contributed by atoms with Crippen LogP contribution in [0.2, 0.25) is 0 Å². The van der Waals surface area contributed by atoms with Gasteiger partial charge in [-0.05, 0) is 24.3 Å². The molecule has 3 rings (SSSR count). The summed E-state index contributed by atoms with van der Waals surface area (Å²) in [5.41, 5.74) is -0.938. The molecule has 10 heteroatoms. The van der Waals surface area contributed by atoms with E-state index < -0.39 is 27.3 Å². The molecule has 9 nitrogen and oxygen atoms in total. The van der Waals surface area contributed by atoms with Crippen molar-refractivity contribution in [1.29, 1.82) is 0 Å². The van der Waals surface area contributed by atoms with Gasteiger partial charge in [-0.25, -0.2) is 0 Å². The highest BCUT2D eigenvalue weighted by molar-refractivity contribution is 7.81. The number of hydrogen-bond acceptors (Lipinski definition) is 8. The molecule has 2 aromatic carbocycles. The van der Waals surface area contributed by atoms with Crippen LogP contribution in [0.15, 0.2) is 45.6 Å².